The molecule has 2 amide bonds. The number of fused-ring (bicyclic) bond motifs is 1. The van der Waals surface area contributed by atoms with Gasteiger partial charge >= 0.3 is 0 Å². The third-order valence-corrected chi connectivity index (χ3v) is 5.79. The molecule has 0 bridgehead atoms. The van der Waals surface area contributed by atoms with Gasteiger partial charge in [0.15, 0.2) is 17.3 Å². The fourth-order valence-electron chi connectivity index (χ4n) is 3.27. The third-order valence-electron chi connectivity index (χ3n) is 4.88. The molecule has 3 aliphatic rings. The third kappa shape index (κ3) is 4.32. The lowest BCUT2D eigenvalue weighted by atomic mass is 10.1. The minimum Gasteiger partial charge on any atom is -0.493 e. The summed E-state index contributed by atoms with van der Waals surface area (Å²) in [6.45, 7) is 2.14. The number of methoxy groups -OCH3 is 2. The first-order valence-corrected chi connectivity index (χ1v) is 10.4. The van der Waals surface area contributed by atoms with E-state index >= 15 is 0 Å². The van der Waals surface area contributed by atoms with Crippen molar-refractivity contribution in [3.8, 4) is 11.5 Å². The van der Waals surface area contributed by atoms with Gasteiger partial charge in [-0.25, -0.2) is 0 Å². The molecule has 0 aliphatic carbocycles. The summed E-state index contributed by atoms with van der Waals surface area (Å²) in [5, 5.41) is 14.9. The number of carbonyl (C=O) groups is 2. The summed E-state index contributed by atoms with van der Waals surface area (Å²) >= 11 is 1.14. The number of morpholine rings is 1. The second-order valence-electron chi connectivity index (χ2n) is 6.80. The summed E-state index contributed by atoms with van der Waals surface area (Å²) in [6.07, 6.45) is 1.65. The summed E-state index contributed by atoms with van der Waals surface area (Å²) in [6, 6.07) is 5.18. The topological polar surface area (TPSA) is 117 Å². The average molecular weight is 443 g/mol. The lowest BCUT2D eigenvalue weighted by Crippen LogP contribution is -2.41. The monoisotopic (exact) mass is 443 g/mol. The molecule has 1 saturated heterocycles. The Balaban J connectivity index is 1.53. The van der Waals surface area contributed by atoms with E-state index in [1.54, 1.807) is 29.2 Å². The quantitative estimate of drug-likeness (QED) is 0.687. The van der Waals surface area contributed by atoms with Gasteiger partial charge in [-0.3, -0.25) is 15.0 Å². The standard InChI is InChI=1S/C20H21N5O5S/c1-28-14-4-3-12(10-15(14)29-2)9-13-18(21)25-20(22-19(13)27)31-16(23-25)11-17(26)24-5-7-30-8-6-24/h3-4,9-10,21H,5-8,11H2,1-2H3/b13-9-,21-18?. The lowest BCUT2D eigenvalue weighted by molar-refractivity contribution is -0.133. The predicted molar refractivity (Wildman–Crippen MR) is 117 cm³/mol. The molecule has 0 saturated carbocycles. The number of nitrogens with zero attached hydrogens (tertiary/aromatic N) is 4. The van der Waals surface area contributed by atoms with Crippen LogP contribution in [0.1, 0.15) is 12.0 Å². The minimum absolute atomic E-state index is 0.0612. The van der Waals surface area contributed by atoms with E-state index < -0.39 is 5.91 Å². The number of hydrogen-bond donors (Lipinski definition) is 1. The number of amidine groups is 2. The van der Waals surface area contributed by atoms with Gasteiger partial charge in [0.05, 0.1) is 39.4 Å². The fourth-order valence-corrected chi connectivity index (χ4v) is 4.14. The normalized spacial score (nSPS) is 19.9. The van der Waals surface area contributed by atoms with Crippen molar-refractivity contribution in [3.05, 3.63) is 29.3 Å². The van der Waals surface area contributed by atoms with Crippen LogP contribution < -0.4 is 9.47 Å². The SMILES string of the molecule is COc1ccc(/C=C2/C(=N)N3N=C(CC(=O)N4CCOCC4)SC3=NC2=O)cc1OC. The number of amides is 2. The van der Waals surface area contributed by atoms with E-state index in [9.17, 15) is 9.59 Å². The van der Waals surface area contributed by atoms with Gasteiger partial charge in [0.25, 0.3) is 5.91 Å². The lowest BCUT2D eigenvalue weighted by Gasteiger charge is -2.26. The highest BCUT2D eigenvalue weighted by atomic mass is 32.2. The second-order valence-corrected chi connectivity index (χ2v) is 7.84. The van der Waals surface area contributed by atoms with Crippen LogP contribution in [0.5, 0.6) is 11.5 Å². The average Bonchev–Trinajstić information content (AvgIpc) is 3.19. The van der Waals surface area contributed by atoms with Crippen molar-refractivity contribution in [1.82, 2.24) is 9.91 Å². The maximum absolute atomic E-state index is 12.6. The van der Waals surface area contributed by atoms with Crippen LogP contribution in [0.25, 0.3) is 6.08 Å². The summed E-state index contributed by atoms with van der Waals surface area (Å²) in [5.74, 6) is 0.383. The number of thioether (sulfide) groups is 1. The van der Waals surface area contributed by atoms with Crippen LogP contribution in [-0.4, -0.2) is 78.3 Å². The molecule has 162 valence electrons. The molecule has 11 heteroatoms. The number of carbonyl (C=O) groups excluding carboxylic acids is 2. The maximum Gasteiger partial charge on any atom is 0.283 e. The van der Waals surface area contributed by atoms with E-state index in [2.05, 4.69) is 10.1 Å². The number of benzene rings is 1. The molecule has 3 heterocycles. The van der Waals surface area contributed by atoms with Gasteiger partial charge in [0.1, 0.15) is 5.04 Å². The number of rotatable bonds is 5. The minimum atomic E-state index is -0.533. The van der Waals surface area contributed by atoms with Gasteiger partial charge in [-0.05, 0) is 35.5 Å². The number of nitrogens with one attached hydrogen (secondary N) is 1. The molecule has 0 radical (unpaired) electrons. The first-order valence-electron chi connectivity index (χ1n) is 9.57. The molecular weight excluding hydrogens is 422 g/mol. The first kappa shape index (κ1) is 21.1. The molecular formula is C20H21N5O5S. The summed E-state index contributed by atoms with van der Waals surface area (Å²) in [4.78, 5) is 30.8. The number of hydrogen-bond acceptors (Lipinski definition) is 8. The van der Waals surface area contributed by atoms with Gasteiger partial charge in [0, 0.05) is 13.1 Å². The van der Waals surface area contributed by atoms with E-state index in [0.29, 0.717) is 48.4 Å². The number of aliphatic imine (C=N–C) groups is 1. The van der Waals surface area contributed by atoms with Gasteiger partial charge in [-0.2, -0.15) is 15.1 Å². The zero-order chi connectivity index (χ0) is 22.0. The van der Waals surface area contributed by atoms with E-state index in [1.165, 1.54) is 19.2 Å². The molecule has 0 aromatic heterocycles. The Bertz CT molecular complexity index is 1030. The van der Waals surface area contributed by atoms with Crippen LogP contribution in [0.3, 0.4) is 0 Å². The Morgan fingerprint density at radius 1 is 1.26 bits per heavy atom. The van der Waals surface area contributed by atoms with E-state index in [4.69, 9.17) is 19.6 Å². The largest absolute Gasteiger partial charge is 0.493 e. The molecule has 0 unspecified atom stereocenters. The molecule has 1 aromatic carbocycles. The Hall–Kier alpha value is -3.18. The van der Waals surface area contributed by atoms with Gasteiger partial charge in [-0.15, -0.1) is 0 Å². The summed E-state index contributed by atoms with van der Waals surface area (Å²) < 4.78 is 15.8. The van der Waals surface area contributed by atoms with E-state index in [1.807, 2.05) is 0 Å². The smallest absolute Gasteiger partial charge is 0.283 e. The van der Waals surface area contributed by atoms with Crippen molar-refractivity contribution < 1.29 is 23.8 Å². The van der Waals surface area contributed by atoms with Crippen molar-refractivity contribution in [3.63, 3.8) is 0 Å². The molecule has 10 nitrogen and oxygen atoms in total. The van der Waals surface area contributed by atoms with Gasteiger partial charge < -0.3 is 19.1 Å². The van der Waals surface area contributed by atoms with Crippen molar-refractivity contribution in [1.29, 1.82) is 5.41 Å². The zero-order valence-corrected chi connectivity index (χ0v) is 17.9. The van der Waals surface area contributed by atoms with Crippen LogP contribution >= 0.6 is 11.8 Å². The van der Waals surface area contributed by atoms with Crippen LogP contribution in [0.15, 0.2) is 33.9 Å². The predicted octanol–water partition coefficient (Wildman–Crippen LogP) is 1.57. The molecule has 0 atom stereocenters. The van der Waals surface area contributed by atoms with E-state index in [-0.39, 0.29) is 28.9 Å². The fraction of sp³-hybridized carbons (Fsp3) is 0.350. The highest BCUT2D eigenvalue weighted by Crippen LogP contribution is 2.32. The summed E-state index contributed by atoms with van der Waals surface area (Å²) in [7, 11) is 3.06. The van der Waals surface area contributed by atoms with Crippen molar-refractivity contribution in [2.24, 2.45) is 10.1 Å². The van der Waals surface area contributed by atoms with Crippen LogP contribution in [0.4, 0.5) is 0 Å². The van der Waals surface area contributed by atoms with Crippen molar-refractivity contribution >= 4 is 45.7 Å². The molecule has 1 fully saturated rings. The Kier molecular flexibility index (Phi) is 6.05. The summed E-state index contributed by atoms with van der Waals surface area (Å²) in [5.41, 5.74) is 0.754. The molecule has 0 spiro atoms. The number of hydrazone groups is 1. The van der Waals surface area contributed by atoms with Crippen LogP contribution in [-0.2, 0) is 14.3 Å². The highest BCUT2D eigenvalue weighted by Gasteiger charge is 2.36. The van der Waals surface area contributed by atoms with Crippen molar-refractivity contribution in [2.45, 2.75) is 6.42 Å². The molecule has 1 N–H and O–H groups in total. The Morgan fingerprint density at radius 2 is 2.00 bits per heavy atom. The Morgan fingerprint density at radius 3 is 2.71 bits per heavy atom. The molecule has 31 heavy (non-hydrogen) atoms. The van der Waals surface area contributed by atoms with E-state index in [0.717, 1.165) is 11.8 Å². The van der Waals surface area contributed by atoms with Crippen LogP contribution in [0.2, 0.25) is 0 Å². The number of ether oxygens (including phenoxy) is 3. The maximum atomic E-state index is 12.6. The second kappa shape index (κ2) is 8.90. The van der Waals surface area contributed by atoms with Gasteiger partial charge in [0.2, 0.25) is 11.1 Å². The highest BCUT2D eigenvalue weighted by molar-refractivity contribution is 8.27. The Labute approximate surface area is 183 Å². The zero-order valence-electron chi connectivity index (χ0n) is 17.1. The first-order chi connectivity index (χ1) is 15.0. The van der Waals surface area contributed by atoms with Crippen molar-refractivity contribution in [2.75, 3.05) is 40.5 Å². The molecule has 4 rings (SSSR count). The molecule has 1 aromatic rings. The van der Waals surface area contributed by atoms with Crippen LogP contribution in [0, 0.1) is 5.41 Å². The van der Waals surface area contributed by atoms with Gasteiger partial charge in [-0.1, -0.05) is 6.07 Å². The molecule has 3 aliphatic heterocycles.